The van der Waals surface area contributed by atoms with Crippen molar-refractivity contribution in [2.75, 3.05) is 24.7 Å². The number of carbonyl (C=O) groups excluding carboxylic acids is 1. The highest BCUT2D eigenvalue weighted by molar-refractivity contribution is 5.98. The Hall–Kier alpha value is -2.09. The summed E-state index contributed by atoms with van der Waals surface area (Å²) >= 11 is 0. The monoisotopic (exact) mass is 291 g/mol. The molecule has 1 N–H and O–H groups in total. The van der Waals surface area contributed by atoms with Crippen molar-refractivity contribution < 1.29 is 32.6 Å². The van der Waals surface area contributed by atoms with Crippen LogP contribution in [0.15, 0.2) is 30.3 Å². The maximum atomic E-state index is 11.9. The van der Waals surface area contributed by atoms with E-state index in [1.807, 2.05) is 0 Å². The summed E-state index contributed by atoms with van der Waals surface area (Å²) in [5.74, 6) is -2.14. The predicted molar refractivity (Wildman–Crippen MR) is 63.3 cm³/mol. The lowest BCUT2D eigenvalue weighted by Crippen LogP contribution is -2.38. The van der Waals surface area contributed by atoms with Crippen LogP contribution in [-0.2, 0) is 14.3 Å². The number of amides is 1. The van der Waals surface area contributed by atoms with E-state index in [1.54, 1.807) is 18.2 Å². The van der Waals surface area contributed by atoms with Crippen molar-refractivity contribution in [1.29, 1.82) is 0 Å². The summed E-state index contributed by atoms with van der Waals surface area (Å²) in [5.41, 5.74) is 0.274. The minimum atomic E-state index is -4.54. The summed E-state index contributed by atoms with van der Waals surface area (Å²) in [4.78, 5) is 23.3. The number of anilines is 1. The zero-order valence-electron chi connectivity index (χ0n) is 10.3. The molecular formula is C12H12F3NO4. The van der Waals surface area contributed by atoms with E-state index in [4.69, 9.17) is 5.11 Å². The second kappa shape index (κ2) is 6.90. The first-order valence-corrected chi connectivity index (χ1v) is 5.51. The molecular weight excluding hydrogens is 279 g/mol. The van der Waals surface area contributed by atoms with Crippen LogP contribution in [0.4, 0.5) is 18.9 Å². The first-order valence-electron chi connectivity index (χ1n) is 5.51. The van der Waals surface area contributed by atoms with E-state index in [9.17, 15) is 22.8 Å². The lowest BCUT2D eigenvalue weighted by Gasteiger charge is -2.20. The zero-order chi connectivity index (χ0) is 15.2. The number of aliphatic carboxylic acids is 1. The molecule has 0 aliphatic rings. The van der Waals surface area contributed by atoms with Crippen molar-refractivity contribution in [3.05, 3.63) is 30.3 Å². The second-order valence-electron chi connectivity index (χ2n) is 3.82. The van der Waals surface area contributed by atoms with Crippen LogP contribution in [0, 0.1) is 0 Å². The van der Waals surface area contributed by atoms with E-state index in [1.165, 1.54) is 12.1 Å². The van der Waals surface area contributed by atoms with Crippen LogP contribution in [0.3, 0.4) is 0 Å². The molecule has 0 saturated heterocycles. The summed E-state index contributed by atoms with van der Waals surface area (Å²) in [6.07, 6.45) is -4.54. The summed E-state index contributed by atoms with van der Waals surface area (Å²) in [6.45, 7) is -3.06. The number of carboxylic acid groups (broad SMARTS) is 1. The van der Waals surface area contributed by atoms with Gasteiger partial charge in [-0.15, -0.1) is 0 Å². The number of carboxylic acids is 1. The van der Waals surface area contributed by atoms with Crippen LogP contribution in [0.5, 0.6) is 0 Å². The molecule has 0 unspecified atom stereocenters. The third kappa shape index (κ3) is 5.70. The molecule has 1 amide bonds. The first-order chi connectivity index (χ1) is 9.29. The van der Waals surface area contributed by atoms with Crippen molar-refractivity contribution in [3.63, 3.8) is 0 Å². The van der Waals surface area contributed by atoms with Gasteiger partial charge in [0, 0.05) is 5.69 Å². The molecule has 0 aliphatic carbocycles. The van der Waals surface area contributed by atoms with Crippen molar-refractivity contribution in [1.82, 2.24) is 0 Å². The van der Waals surface area contributed by atoms with Crippen molar-refractivity contribution >= 4 is 17.6 Å². The van der Waals surface area contributed by atoms with E-state index in [0.717, 1.165) is 4.90 Å². The lowest BCUT2D eigenvalue weighted by molar-refractivity contribution is -0.175. The van der Waals surface area contributed by atoms with Crippen molar-refractivity contribution in [2.45, 2.75) is 6.18 Å². The van der Waals surface area contributed by atoms with Gasteiger partial charge in [-0.1, -0.05) is 18.2 Å². The highest BCUT2D eigenvalue weighted by atomic mass is 19.4. The molecule has 0 bridgehead atoms. The Morgan fingerprint density at radius 1 is 1.20 bits per heavy atom. The number of hydrogen-bond acceptors (Lipinski definition) is 3. The molecule has 1 aromatic carbocycles. The number of carbonyl (C=O) groups is 2. The van der Waals surface area contributed by atoms with Crippen LogP contribution in [0.25, 0.3) is 0 Å². The fraction of sp³-hybridized carbons (Fsp3) is 0.333. The standard InChI is InChI=1S/C12H12F3NO4/c13-12(14,15)8-20-7-10(17)16(6-11(18)19)9-4-2-1-3-5-9/h1-5H,6-8H2,(H,18,19). The van der Waals surface area contributed by atoms with Crippen molar-refractivity contribution in [3.8, 4) is 0 Å². The van der Waals surface area contributed by atoms with Gasteiger partial charge in [0.1, 0.15) is 19.8 Å². The molecule has 0 saturated carbocycles. The van der Waals surface area contributed by atoms with Gasteiger partial charge >= 0.3 is 12.1 Å². The third-order valence-corrected chi connectivity index (χ3v) is 2.15. The Balaban J connectivity index is 2.69. The average Bonchev–Trinajstić information content (AvgIpc) is 2.35. The number of benzene rings is 1. The number of ether oxygens (including phenoxy) is 1. The Labute approximate surface area is 112 Å². The molecule has 20 heavy (non-hydrogen) atoms. The summed E-state index contributed by atoms with van der Waals surface area (Å²) < 4.78 is 39.9. The van der Waals surface area contributed by atoms with Crippen LogP contribution < -0.4 is 4.90 Å². The quantitative estimate of drug-likeness (QED) is 0.866. The molecule has 0 aliphatic heterocycles. The van der Waals surface area contributed by atoms with Gasteiger partial charge in [0.05, 0.1) is 0 Å². The molecule has 0 spiro atoms. The second-order valence-corrected chi connectivity index (χ2v) is 3.82. The van der Waals surface area contributed by atoms with Gasteiger partial charge in [-0.3, -0.25) is 14.5 Å². The van der Waals surface area contributed by atoms with Gasteiger partial charge < -0.3 is 9.84 Å². The number of hydrogen-bond donors (Lipinski definition) is 1. The van der Waals surface area contributed by atoms with E-state index < -0.39 is 37.8 Å². The molecule has 110 valence electrons. The van der Waals surface area contributed by atoms with Crippen LogP contribution in [-0.4, -0.2) is 42.9 Å². The average molecular weight is 291 g/mol. The van der Waals surface area contributed by atoms with E-state index in [0.29, 0.717) is 0 Å². The van der Waals surface area contributed by atoms with E-state index in [2.05, 4.69) is 4.74 Å². The summed E-state index contributed by atoms with van der Waals surface area (Å²) in [6, 6.07) is 7.77. The normalized spacial score (nSPS) is 11.2. The SMILES string of the molecule is O=C(O)CN(C(=O)COCC(F)(F)F)c1ccccc1. The molecule has 0 heterocycles. The molecule has 5 nitrogen and oxygen atoms in total. The number of alkyl halides is 3. The van der Waals surface area contributed by atoms with Crippen LogP contribution in [0.2, 0.25) is 0 Å². The number of para-hydroxylation sites is 1. The maximum Gasteiger partial charge on any atom is 0.411 e. The van der Waals surface area contributed by atoms with Gasteiger partial charge in [0.25, 0.3) is 5.91 Å². The van der Waals surface area contributed by atoms with E-state index >= 15 is 0 Å². The van der Waals surface area contributed by atoms with Crippen molar-refractivity contribution in [2.24, 2.45) is 0 Å². The molecule has 0 atom stereocenters. The minimum absolute atomic E-state index is 0.274. The molecule has 1 aromatic rings. The van der Waals surface area contributed by atoms with Gasteiger partial charge in [-0.25, -0.2) is 0 Å². The molecule has 0 aromatic heterocycles. The Morgan fingerprint density at radius 2 is 1.80 bits per heavy atom. The molecule has 1 rings (SSSR count). The fourth-order valence-electron chi connectivity index (χ4n) is 1.40. The minimum Gasteiger partial charge on any atom is -0.480 e. The largest absolute Gasteiger partial charge is 0.480 e. The summed E-state index contributed by atoms with van der Waals surface area (Å²) in [7, 11) is 0. The smallest absolute Gasteiger partial charge is 0.411 e. The Kier molecular flexibility index (Phi) is 5.51. The zero-order valence-corrected chi connectivity index (χ0v) is 10.3. The molecule has 0 fully saturated rings. The van der Waals surface area contributed by atoms with E-state index in [-0.39, 0.29) is 5.69 Å². The number of halogens is 3. The van der Waals surface area contributed by atoms with Gasteiger partial charge in [0.2, 0.25) is 0 Å². The Bertz CT molecular complexity index is 462. The number of rotatable bonds is 6. The predicted octanol–water partition coefficient (Wildman–Crippen LogP) is 1.68. The van der Waals surface area contributed by atoms with Crippen LogP contribution >= 0.6 is 0 Å². The third-order valence-electron chi connectivity index (χ3n) is 2.15. The maximum absolute atomic E-state index is 11.9. The highest BCUT2D eigenvalue weighted by Crippen LogP contribution is 2.16. The lowest BCUT2D eigenvalue weighted by atomic mass is 10.3. The summed E-state index contributed by atoms with van der Waals surface area (Å²) in [5, 5.41) is 8.73. The van der Waals surface area contributed by atoms with Gasteiger partial charge in [-0.2, -0.15) is 13.2 Å². The number of nitrogens with zero attached hydrogens (tertiary/aromatic N) is 1. The highest BCUT2D eigenvalue weighted by Gasteiger charge is 2.28. The Morgan fingerprint density at radius 3 is 2.30 bits per heavy atom. The van der Waals surface area contributed by atoms with Gasteiger partial charge in [-0.05, 0) is 12.1 Å². The topological polar surface area (TPSA) is 66.8 Å². The van der Waals surface area contributed by atoms with Crippen LogP contribution in [0.1, 0.15) is 0 Å². The fourth-order valence-corrected chi connectivity index (χ4v) is 1.40. The molecule has 8 heteroatoms. The van der Waals surface area contributed by atoms with Gasteiger partial charge in [0.15, 0.2) is 0 Å². The first kappa shape index (κ1) is 16.0. The molecule has 0 radical (unpaired) electrons.